The van der Waals surface area contributed by atoms with E-state index in [1.165, 1.54) is 4.31 Å². The number of carbonyl (C=O) groups excluding carboxylic acids is 1. The fourth-order valence-electron chi connectivity index (χ4n) is 2.31. The van der Waals surface area contributed by atoms with Gasteiger partial charge in [-0.2, -0.15) is 9.40 Å². The van der Waals surface area contributed by atoms with Crippen molar-refractivity contribution in [2.24, 2.45) is 0 Å². The monoisotopic (exact) mass is 314 g/mol. The van der Waals surface area contributed by atoms with Gasteiger partial charge >= 0.3 is 0 Å². The number of nitrogens with zero attached hydrogens (tertiary/aromatic N) is 3. The highest BCUT2D eigenvalue weighted by atomic mass is 32.2. The maximum absolute atomic E-state index is 12.2. The molecular formula is C13H22N4O3S. The van der Waals surface area contributed by atoms with Gasteiger partial charge in [0.1, 0.15) is 5.69 Å². The molecule has 0 saturated carbocycles. The molecule has 118 valence electrons. The molecule has 0 radical (unpaired) electrons. The van der Waals surface area contributed by atoms with Crippen LogP contribution in [0.1, 0.15) is 35.9 Å². The van der Waals surface area contributed by atoms with E-state index in [0.29, 0.717) is 38.3 Å². The Balaban J connectivity index is 1.93. The minimum Gasteiger partial charge on any atom is -0.335 e. The summed E-state index contributed by atoms with van der Waals surface area (Å²) in [4.78, 5) is 13.9. The van der Waals surface area contributed by atoms with E-state index >= 15 is 0 Å². The standard InChI is InChI=1S/C13H22N4O3S/c1-3-4-9-21(19,20)17-7-5-16(6-8-17)13(18)12-10-11(2)14-15-12/h10H,3-9H2,1-2H3,(H,14,15). The smallest absolute Gasteiger partial charge is 0.274 e. The van der Waals surface area contributed by atoms with Crippen molar-refractivity contribution >= 4 is 15.9 Å². The lowest BCUT2D eigenvalue weighted by Crippen LogP contribution is -2.51. The molecule has 0 bridgehead atoms. The Labute approximate surface area is 125 Å². The van der Waals surface area contributed by atoms with Crippen molar-refractivity contribution in [3.8, 4) is 0 Å². The molecule has 1 aromatic heterocycles. The van der Waals surface area contributed by atoms with Crippen molar-refractivity contribution in [1.82, 2.24) is 19.4 Å². The first-order chi connectivity index (χ1) is 9.94. The van der Waals surface area contributed by atoms with E-state index in [0.717, 1.165) is 12.1 Å². The second-order valence-corrected chi connectivity index (χ2v) is 7.39. The first-order valence-corrected chi connectivity index (χ1v) is 8.84. The average Bonchev–Trinajstić information content (AvgIpc) is 2.91. The predicted octanol–water partition coefficient (Wildman–Crippen LogP) is 0.606. The van der Waals surface area contributed by atoms with Crippen molar-refractivity contribution in [1.29, 1.82) is 0 Å². The number of sulfonamides is 1. The molecule has 0 aliphatic carbocycles. The van der Waals surface area contributed by atoms with Crippen LogP contribution >= 0.6 is 0 Å². The van der Waals surface area contributed by atoms with Gasteiger partial charge in [0.05, 0.1) is 5.75 Å². The first kappa shape index (κ1) is 16.0. The third-order valence-electron chi connectivity index (χ3n) is 3.60. The van der Waals surface area contributed by atoms with Gasteiger partial charge in [0, 0.05) is 31.9 Å². The maximum atomic E-state index is 12.2. The van der Waals surface area contributed by atoms with Crippen LogP contribution < -0.4 is 0 Å². The van der Waals surface area contributed by atoms with Crippen molar-refractivity contribution in [2.75, 3.05) is 31.9 Å². The number of H-pyrrole nitrogens is 1. The number of amides is 1. The van der Waals surface area contributed by atoms with E-state index in [-0.39, 0.29) is 11.7 Å². The van der Waals surface area contributed by atoms with Gasteiger partial charge in [-0.3, -0.25) is 9.89 Å². The summed E-state index contributed by atoms with van der Waals surface area (Å²) in [6, 6.07) is 1.70. The number of aromatic amines is 1. The SMILES string of the molecule is CCCCS(=O)(=O)N1CCN(C(=O)c2cc(C)[nH]n2)CC1. The summed E-state index contributed by atoms with van der Waals surface area (Å²) >= 11 is 0. The molecule has 1 aliphatic rings. The Morgan fingerprint density at radius 2 is 2.00 bits per heavy atom. The van der Waals surface area contributed by atoms with Gasteiger partial charge in [-0.15, -0.1) is 0 Å². The highest BCUT2D eigenvalue weighted by Crippen LogP contribution is 2.12. The Morgan fingerprint density at radius 3 is 2.52 bits per heavy atom. The van der Waals surface area contributed by atoms with E-state index in [1.807, 2.05) is 13.8 Å². The minimum absolute atomic E-state index is 0.148. The molecule has 2 heterocycles. The van der Waals surface area contributed by atoms with Gasteiger partial charge in [0.15, 0.2) is 0 Å². The number of carbonyl (C=O) groups is 1. The van der Waals surface area contributed by atoms with E-state index in [2.05, 4.69) is 10.2 Å². The lowest BCUT2D eigenvalue weighted by Gasteiger charge is -2.33. The highest BCUT2D eigenvalue weighted by Gasteiger charge is 2.29. The summed E-state index contributed by atoms with van der Waals surface area (Å²) in [5.41, 5.74) is 1.22. The summed E-state index contributed by atoms with van der Waals surface area (Å²) < 4.78 is 25.7. The van der Waals surface area contributed by atoms with Crippen molar-refractivity contribution in [3.63, 3.8) is 0 Å². The number of aryl methyl sites for hydroxylation is 1. The van der Waals surface area contributed by atoms with E-state index in [9.17, 15) is 13.2 Å². The van der Waals surface area contributed by atoms with Crippen LogP contribution in [0.25, 0.3) is 0 Å². The minimum atomic E-state index is -3.18. The van der Waals surface area contributed by atoms with Crippen LogP contribution in [0.4, 0.5) is 0 Å². The third-order valence-corrected chi connectivity index (χ3v) is 5.56. The van der Waals surface area contributed by atoms with Crippen LogP contribution in [0.3, 0.4) is 0 Å². The second-order valence-electron chi connectivity index (χ2n) is 5.30. The number of rotatable bonds is 5. The second kappa shape index (κ2) is 6.57. The Bertz CT molecular complexity index is 588. The molecular weight excluding hydrogens is 292 g/mol. The predicted molar refractivity (Wildman–Crippen MR) is 79.5 cm³/mol. The van der Waals surface area contributed by atoms with E-state index in [1.54, 1.807) is 11.0 Å². The molecule has 1 N–H and O–H groups in total. The summed E-state index contributed by atoms with van der Waals surface area (Å²) in [5, 5.41) is 6.69. The zero-order valence-electron chi connectivity index (χ0n) is 12.5. The molecule has 0 aromatic carbocycles. The number of unbranched alkanes of at least 4 members (excludes halogenated alkanes) is 1. The largest absolute Gasteiger partial charge is 0.335 e. The summed E-state index contributed by atoms with van der Waals surface area (Å²) in [7, 11) is -3.18. The van der Waals surface area contributed by atoms with Crippen LogP contribution in [0.2, 0.25) is 0 Å². The summed E-state index contributed by atoms with van der Waals surface area (Å²) in [5.74, 6) is 0.0423. The molecule has 21 heavy (non-hydrogen) atoms. The van der Waals surface area contributed by atoms with Crippen LogP contribution in [-0.4, -0.2) is 65.7 Å². The third kappa shape index (κ3) is 3.82. The first-order valence-electron chi connectivity index (χ1n) is 7.23. The molecule has 2 rings (SSSR count). The summed E-state index contributed by atoms with van der Waals surface area (Å²) in [6.07, 6.45) is 1.53. The lowest BCUT2D eigenvalue weighted by atomic mass is 10.3. The average molecular weight is 314 g/mol. The number of nitrogens with one attached hydrogen (secondary N) is 1. The molecule has 0 atom stereocenters. The molecule has 1 fully saturated rings. The topological polar surface area (TPSA) is 86.4 Å². The van der Waals surface area contributed by atoms with Crippen LogP contribution in [0, 0.1) is 6.92 Å². The molecule has 1 amide bonds. The zero-order valence-corrected chi connectivity index (χ0v) is 13.3. The molecule has 0 unspecified atom stereocenters. The molecule has 1 saturated heterocycles. The fourth-order valence-corrected chi connectivity index (χ4v) is 3.95. The summed E-state index contributed by atoms with van der Waals surface area (Å²) in [6.45, 7) is 5.36. The van der Waals surface area contributed by atoms with Crippen molar-refractivity contribution in [2.45, 2.75) is 26.7 Å². The van der Waals surface area contributed by atoms with Crippen LogP contribution in [0.15, 0.2) is 6.07 Å². The molecule has 7 nitrogen and oxygen atoms in total. The molecule has 8 heteroatoms. The maximum Gasteiger partial charge on any atom is 0.274 e. The Hall–Kier alpha value is -1.41. The zero-order chi connectivity index (χ0) is 15.5. The van der Waals surface area contributed by atoms with Gasteiger partial charge in [-0.25, -0.2) is 8.42 Å². The number of piperazine rings is 1. The van der Waals surface area contributed by atoms with Crippen molar-refractivity contribution < 1.29 is 13.2 Å². The van der Waals surface area contributed by atoms with Crippen molar-refractivity contribution in [3.05, 3.63) is 17.5 Å². The highest BCUT2D eigenvalue weighted by molar-refractivity contribution is 7.89. The quantitative estimate of drug-likeness (QED) is 0.862. The number of aromatic nitrogens is 2. The van der Waals surface area contributed by atoms with Crippen LogP contribution in [-0.2, 0) is 10.0 Å². The van der Waals surface area contributed by atoms with Crippen LogP contribution in [0.5, 0.6) is 0 Å². The fraction of sp³-hybridized carbons (Fsp3) is 0.692. The lowest BCUT2D eigenvalue weighted by molar-refractivity contribution is 0.0692. The van der Waals surface area contributed by atoms with E-state index in [4.69, 9.17) is 0 Å². The van der Waals surface area contributed by atoms with Gasteiger partial charge in [0.2, 0.25) is 10.0 Å². The Morgan fingerprint density at radius 1 is 1.33 bits per heavy atom. The number of hydrogen-bond acceptors (Lipinski definition) is 4. The molecule has 1 aliphatic heterocycles. The van der Waals surface area contributed by atoms with E-state index < -0.39 is 10.0 Å². The number of hydrogen-bond donors (Lipinski definition) is 1. The van der Waals surface area contributed by atoms with Gasteiger partial charge in [0.25, 0.3) is 5.91 Å². The Kier molecular flexibility index (Phi) is 5.00. The van der Waals surface area contributed by atoms with Gasteiger partial charge in [-0.1, -0.05) is 13.3 Å². The van der Waals surface area contributed by atoms with Gasteiger partial charge < -0.3 is 4.90 Å². The normalized spacial score (nSPS) is 17.1. The van der Waals surface area contributed by atoms with Gasteiger partial charge in [-0.05, 0) is 19.4 Å². The molecule has 0 spiro atoms. The molecule has 1 aromatic rings.